The Morgan fingerprint density at radius 2 is 1.52 bits per heavy atom. The summed E-state index contributed by atoms with van der Waals surface area (Å²) in [5, 5.41) is 3.96. The first-order chi connectivity index (χ1) is 12.1. The molecule has 8 heteroatoms. The van der Waals surface area contributed by atoms with E-state index in [9.17, 15) is 9.59 Å². The van der Waals surface area contributed by atoms with Gasteiger partial charge in [0.15, 0.2) is 0 Å². The van der Waals surface area contributed by atoms with E-state index in [0.717, 1.165) is 0 Å². The minimum Gasteiger partial charge on any atom is -0.267 e. The summed E-state index contributed by atoms with van der Waals surface area (Å²) in [6.45, 7) is 3.69. The molecule has 0 spiro atoms. The number of nitrogens with one attached hydrogen (secondary N) is 1. The molecular weight excluding hydrogens is 356 g/mol. The van der Waals surface area contributed by atoms with Crippen LogP contribution < -0.4 is 11.1 Å². The molecule has 0 atom stereocenters. The van der Waals surface area contributed by atoms with Crippen LogP contribution in [0.2, 0.25) is 0 Å². The molecule has 0 saturated heterocycles. The number of aromatic nitrogens is 4. The third kappa shape index (κ3) is 4.02. The highest BCUT2D eigenvalue weighted by molar-refractivity contribution is 8.02. The number of rotatable bonds is 5. The molecule has 25 heavy (non-hydrogen) atoms. The molecule has 3 aromatic heterocycles. The van der Waals surface area contributed by atoms with Crippen LogP contribution in [-0.4, -0.2) is 19.7 Å². The van der Waals surface area contributed by atoms with Gasteiger partial charge in [0.1, 0.15) is 14.9 Å². The number of H-pyrrole nitrogens is 1. The van der Waals surface area contributed by atoms with Crippen LogP contribution in [0.15, 0.2) is 78.2 Å². The molecule has 3 heterocycles. The van der Waals surface area contributed by atoms with E-state index in [0.29, 0.717) is 19.8 Å². The molecule has 0 fully saturated rings. The lowest BCUT2D eigenvalue weighted by Crippen LogP contribution is -2.33. The van der Waals surface area contributed by atoms with Gasteiger partial charge in [-0.3, -0.25) is 14.7 Å². The average Bonchev–Trinajstić information content (AvgIpc) is 2.62. The van der Waals surface area contributed by atoms with Crippen molar-refractivity contribution in [2.75, 3.05) is 0 Å². The number of hydrogen-bond acceptors (Lipinski definition) is 6. The summed E-state index contributed by atoms with van der Waals surface area (Å²) >= 11 is 2.37. The standard InChI is InChI=1S/C17H16N4O2S2.H2/c1-11(2)21-17(23)15(25-13-8-4-6-10-19-13)14(16(22)20-21)24-12-7-3-5-9-18-12;/h3-11H,1-2H3,(H,20,22);1H. The minimum absolute atomic E-state index is 0. The van der Waals surface area contributed by atoms with Crippen LogP contribution in [0.5, 0.6) is 0 Å². The SMILES string of the molecule is CC(C)n1[nH]c(=O)c(Sc2ccccn2)c(Sc2ccccn2)c1=O.[HH]. The van der Waals surface area contributed by atoms with Gasteiger partial charge in [-0.25, -0.2) is 14.6 Å². The Labute approximate surface area is 154 Å². The number of nitrogens with zero attached hydrogens (tertiary/aromatic N) is 3. The van der Waals surface area contributed by atoms with Gasteiger partial charge in [0.2, 0.25) is 0 Å². The van der Waals surface area contributed by atoms with E-state index in [2.05, 4.69) is 15.1 Å². The molecule has 3 aromatic rings. The second-order valence-electron chi connectivity index (χ2n) is 5.41. The minimum atomic E-state index is -0.317. The van der Waals surface area contributed by atoms with Crippen LogP contribution in [0.4, 0.5) is 0 Å². The van der Waals surface area contributed by atoms with Crippen LogP contribution in [-0.2, 0) is 0 Å². The first-order valence-electron chi connectivity index (χ1n) is 7.63. The molecule has 0 aromatic carbocycles. The van der Waals surface area contributed by atoms with Crippen molar-refractivity contribution in [3.8, 4) is 0 Å². The van der Waals surface area contributed by atoms with Crippen LogP contribution in [0.3, 0.4) is 0 Å². The average molecular weight is 374 g/mol. The van der Waals surface area contributed by atoms with Crippen LogP contribution in [0, 0.1) is 0 Å². The number of hydrogen-bond donors (Lipinski definition) is 1. The van der Waals surface area contributed by atoms with E-state index in [1.165, 1.54) is 28.2 Å². The maximum atomic E-state index is 12.9. The molecule has 0 saturated carbocycles. The summed E-state index contributed by atoms with van der Waals surface area (Å²) in [5.74, 6) is 0. The van der Waals surface area contributed by atoms with Crippen LogP contribution in [0.25, 0.3) is 0 Å². The van der Waals surface area contributed by atoms with Crippen molar-refractivity contribution in [2.24, 2.45) is 0 Å². The third-order valence-corrected chi connectivity index (χ3v) is 5.46. The summed E-state index contributed by atoms with van der Waals surface area (Å²) in [7, 11) is 0. The number of aromatic amines is 1. The van der Waals surface area contributed by atoms with E-state index < -0.39 is 0 Å². The molecule has 3 rings (SSSR count). The van der Waals surface area contributed by atoms with Crippen molar-refractivity contribution in [2.45, 2.75) is 39.7 Å². The summed E-state index contributed by atoms with van der Waals surface area (Å²) in [6, 6.07) is 10.7. The fourth-order valence-electron chi connectivity index (χ4n) is 2.09. The van der Waals surface area contributed by atoms with Gasteiger partial charge >= 0.3 is 0 Å². The molecule has 130 valence electrons. The van der Waals surface area contributed by atoms with Gasteiger partial charge in [0, 0.05) is 19.9 Å². The van der Waals surface area contributed by atoms with Crippen LogP contribution >= 0.6 is 23.5 Å². The first kappa shape index (κ1) is 17.5. The molecular formula is C17H18N4O2S2. The predicted molar refractivity (Wildman–Crippen MR) is 101 cm³/mol. The zero-order chi connectivity index (χ0) is 17.8. The Morgan fingerprint density at radius 1 is 0.960 bits per heavy atom. The fraction of sp³-hybridized carbons (Fsp3) is 0.176. The van der Waals surface area contributed by atoms with Crippen molar-refractivity contribution in [1.29, 1.82) is 0 Å². The van der Waals surface area contributed by atoms with E-state index in [1.807, 2.05) is 26.0 Å². The Bertz CT molecular complexity index is 976. The summed E-state index contributed by atoms with van der Waals surface area (Å²) in [5.41, 5.74) is -0.564. The molecule has 0 aliphatic heterocycles. The van der Waals surface area contributed by atoms with Gasteiger partial charge in [-0.05, 0) is 38.1 Å². The lowest BCUT2D eigenvalue weighted by Gasteiger charge is -2.13. The predicted octanol–water partition coefficient (Wildman–Crippen LogP) is 3.46. The van der Waals surface area contributed by atoms with Gasteiger partial charge in [-0.1, -0.05) is 35.7 Å². The largest absolute Gasteiger partial charge is 0.280 e. The van der Waals surface area contributed by atoms with Crippen LogP contribution in [0.1, 0.15) is 21.3 Å². The van der Waals surface area contributed by atoms with Gasteiger partial charge in [0.05, 0.1) is 4.90 Å². The molecule has 0 unspecified atom stereocenters. The lowest BCUT2D eigenvalue weighted by atomic mass is 10.4. The number of pyridine rings is 2. The van der Waals surface area contributed by atoms with E-state index >= 15 is 0 Å². The maximum Gasteiger partial charge on any atom is 0.280 e. The van der Waals surface area contributed by atoms with E-state index in [-0.39, 0.29) is 18.6 Å². The molecule has 0 radical (unpaired) electrons. The molecule has 6 nitrogen and oxygen atoms in total. The zero-order valence-electron chi connectivity index (χ0n) is 13.7. The Balaban J connectivity index is 0.00000243. The topological polar surface area (TPSA) is 80.6 Å². The van der Waals surface area contributed by atoms with Crippen molar-refractivity contribution in [1.82, 2.24) is 19.7 Å². The van der Waals surface area contributed by atoms with Crippen molar-refractivity contribution >= 4 is 23.5 Å². The molecule has 0 amide bonds. The highest BCUT2D eigenvalue weighted by Gasteiger charge is 2.19. The maximum absolute atomic E-state index is 12.9. The smallest absolute Gasteiger partial charge is 0.267 e. The summed E-state index contributed by atoms with van der Waals surface area (Å²) < 4.78 is 1.34. The highest BCUT2D eigenvalue weighted by Crippen LogP contribution is 2.33. The van der Waals surface area contributed by atoms with E-state index in [4.69, 9.17) is 0 Å². The first-order valence-corrected chi connectivity index (χ1v) is 9.26. The van der Waals surface area contributed by atoms with Gasteiger partial charge in [0.25, 0.3) is 11.1 Å². The van der Waals surface area contributed by atoms with Gasteiger partial charge in [-0.2, -0.15) is 0 Å². The second kappa shape index (κ2) is 7.71. The quantitative estimate of drug-likeness (QED) is 0.737. The van der Waals surface area contributed by atoms with Crippen molar-refractivity contribution in [3.63, 3.8) is 0 Å². The molecule has 0 bridgehead atoms. The molecule has 0 aliphatic rings. The van der Waals surface area contributed by atoms with Crippen molar-refractivity contribution < 1.29 is 1.43 Å². The second-order valence-corrected chi connectivity index (χ2v) is 7.47. The van der Waals surface area contributed by atoms with Gasteiger partial charge < -0.3 is 0 Å². The monoisotopic (exact) mass is 374 g/mol. The lowest BCUT2D eigenvalue weighted by molar-refractivity contribution is 0.480. The Kier molecular flexibility index (Phi) is 5.40. The van der Waals surface area contributed by atoms with Crippen molar-refractivity contribution in [3.05, 3.63) is 69.5 Å². The Hall–Kier alpha value is -2.32. The third-order valence-electron chi connectivity index (χ3n) is 3.25. The molecule has 0 aliphatic carbocycles. The highest BCUT2D eigenvalue weighted by atomic mass is 32.2. The van der Waals surface area contributed by atoms with Gasteiger partial charge in [-0.15, -0.1) is 0 Å². The summed E-state index contributed by atoms with van der Waals surface area (Å²) in [4.78, 5) is 34.7. The summed E-state index contributed by atoms with van der Waals surface area (Å²) in [6.07, 6.45) is 3.31. The van der Waals surface area contributed by atoms with E-state index in [1.54, 1.807) is 36.7 Å². The fourth-order valence-corrected chi connectivity index (χ4v) is 3.97. The zero-order valence-corrected chi connectivity index (χ0v) is 15.3. The Morgan fingerprint density at radius 3 is 2.00 bits per heavy atom. The molecule has 1 N–H and O–H groups in total. The normalized spacial score (nSPS) is 11.0.